The molecule has 0 heterocycles. The normalized spacial score (nSPS) is 13.8. The molecule has 0 aromatic carbocycles. The minimum Gasteiger partial charge on any atom is -0.331 e. The predicted octanol–water partition coefficient (Wildman–Crippen LogP) is 1.17. The largest absolute Gasteiger partial charge is 0.331 e. The number of rotatable bonds is 3. The molecule has 1 atom stereocenters. The molecule has 68 valence electrons. The maximum Gasteiger partial charge on any atom is 0.265 e. The monoisotopic (exact) mass is 189 g/mol. The van der Waals surface area contributed by atoms with Gasteiger partial charge in [-0.25, -0.2) is 0 Å². The van der Waals surface area contributed by atoms with E-state index in [9.17, 15) is 9.59 Å². The minimum absolute atomic E-state index is 0.131. The van der Waals surface area contributed by atoms with Crippen molar-refractivity contribution < 1.29 is 9.59 Å². The second-order valence-electron chi connectivity index (χ2n) is 2.43. The molecule has 0 aliphatic carbocycles. The third-order valence-corrected chi connectivity index (χ3v) is 1.97. The second-order valence-corrected chi connectivity index (χ2v) is 2.84. The van der Waals surface area contributed by atoms with Crippen LogP contribution in [0.25, 0.3) is 0 Å². The maximum atomic E-state index is 11.2. The zero-order valence-electron chi connectivity index (χ0n) is 7.37. The molecule has 0 saturated carbocycles. The Morgan fingerprint density at radius 3 is 2.42 bits per heavy atom. The van der Waals surface area contributed by atoms with Crippen molar-refractivity contribution in [3.63, 3.8) is 0 Å². The smallest absolute Gasteiger partial charge is 0.265 e. The number of carbonyl (C=O) groups excluding carboxylic acids is 2. The summed E-state index contributed by atoms with van der Waals surface area (Å²) in [4.78, 5) is 22.8. The van der Waals surface area contributed by atoms with Gasteiger partial charge in [-0.1, -0.05) is 17.7 Å². The fraction of sp³-hybridized carbons (Fsp3) is 0.500. The number of halogens is 1. The van der Waals surface area contributed by atoms with Crippen molar-refractivity contribution in [2.24, 2.45) is 0 Å². The van der Waals surface area contributed by atoms with E-state index in [1.807, 2.05) is 0 Å². The first-order valence-corrected chi connectivity index (χ1v) is 3.96. The molecule has 0 N–H and O–H groups in total. The van der Waals surface area contributed by atoms with Crippen molar-refractivity contribution in [3.8, 4) is 0 Å². The highest BCUT2D eigenvalue weighted by Crippen LogP contribution is 2.06. The van der Waals surface area contributed by atoms with E-state index < -0.39 is 6.04 Å². The molecule has 12 heavy (non-hydrogen) atoms. The number of nitrogens with zero attached hydrogens (tertiary/aromatic N) is 1. The number of amides is 1. The van der Waals surface area contributed by atoms with E-state index in [-0.39, 0.29) is 10.9 Å². The Morgan fingerprint density at radius 1 is 1.58 bits per heavy atom. The van der Waals surface area contributed by atoms with E-state index in [0.717, 1.165) is 0 Å². The first-order valence-electron chi connectivity index (χ1n) is 3.58. The van der Waals surface area contributed by atoms with E-state index >= 15 is 0 Å². The third-order valence-electron chi connectivity index (χ3n) is 1.59. The number of carbonyl (C=O) groups is 2. The topological polar surface area (TPSA) is 37.4 Å². The van der Waals surface area contributed by atoms with Gasteiger partial charge in [0, 0.05) is 7.05 Å². The quantitative estimate of drug-likeness (QED) is 0.494. The molecule has 1 unspecified atom stereocenters. The Morgan fingerprint density at radius 2 is 2.08 bits per heavy atom. The Balaban J connectivity index is 4.39. The first kappa shape index (κ1) is 11.2. The van der Waals surface area contributed by atoms with Crippen LogP contribution in [0.3, 0.4) is 0 Å². The lowest BCUT2D eigenvalue weighted by Crippen LogP contribution is -2.36. The fourth-order valence-electron chi connectivity index (χ4n) is 0.568. The molecule has 0 rings (SSSR count). The van der Waals surface area contributed by atoms with Gasteiger partial charge in [-0.2, -0.15) is 0 Å². The highest BCUT2D eigenvalue weighted by molar-refractivity contribution is 6.42. The van der Waals surface area contributed by atoms with Crippen LogP contribution in [0.2, 0.25) is 0 Å². The van der Waals surface area contributed by atoms with Gasteiger partial charge in [0.1, 0.15) is 11.3 Å². The summed E-state index contributed by atoms with van der Waals surface area (Å²) in [6.45, 7) is 3.30. The van der Waals surface area contributed by atoms with Crippen molar-refractivity contribution in [2.75, 3.05) is 7.05 Å². The molecule has 0 aromatic rings. The molecule has 0 fully saturated rings. The van der Waals surface area contributed by atoms with E-state index in [1.54, 1.807) is 13.8 Å². The van der Waals surface area contributed by atoms with Gasteiger partial charge >= 0.3 is 0 Å². The van der Waals surface area contributed by atoms with E-state index in [2.05, 4.69) is 0 Å². The number of likely N-dealkylation sites (N-methyl/N-ethyl adjacent to an activating group) is 1. The van der Waals surface area contributed by atoms with Gasteiger partial charge in [-0.05, 0) is 13.8 Å². The second kappa shape index (κ2) is 4.93. The lowest BCUT2D eigenvalue weighted by Gasteiger charge is -2.19. The van der Waals surface area contributed by atoms with Gasteiger partial charge in [0.05, 0.1) is 6.04 Å². The minimum atomic E-state index is -0.439. The molecular formula is C8H12ClNO2. The van der Waals surface area contributed by atoms with Crippen molar-refractivity contribution in [3.05, 3.63) is 11.1 Å². The van der Waals surface area contributed by atoms with Gasteiger partial charge in [0.25, 0.3) is 5.91 Å². The number of hydrogen-bond acceptors (Lipinski definition) is 2. The van der Waals surface area contributed by atoms with Gasteiger partial charge in [0.2, 0.25) is 0 Å². The van der Waals surface area contributed by atoms with Crippen LogP contribution in [0.4, 0.5) is 0 Å². The Hall–Kier alpha value is -0.830. The molecule has 0 aliphatic rings. The zero-order valence-corrected chi connectivity index (χ0v) is 8.13. The summed E-state index contributed by atoms with van der Waals surface area (Å²) in [5, 5.41) is 0.131. The summed E-state index contributed by atoms with van der Waals surface area (Å²) in [6, 6.07) is -0.439. The van der Waals surface area contributed by atoms with Crippen LogP contribution in [-0.4, -0.2) is 30.2 Å². The summed E-state index contributed by atoms with van der Waals surface area (Å²) in [5.41, 5.74) is 0. The molecule has 0 saturated heterocycles. The Kier molecular flexibility index (Phi) is 4.59. The predicted molar refractivity (Wildman–Crippen MR) is 47.9 cm³/mol. The van der Waals surface area contributed by atoms with Crippen molar-refractivity contribution in [1.29, 1.82) is 0 Å². The first-order chi connectivity index (χ1) is 5.54. The number of aldehydes is 1. The van der Waals surface area contributed by atoms with Gasteiger partial charge < -0.3 is 9.69 Å². The standard InChI is InChI=1S/C8H12ClNO2/c1-4-7(9)8(12)10(3)6(2)5-11/h4-6H,1-3H3/b7-4+. The van der Waals surface area contributed by atoms with E-state index in [0.29, 0.717) is 6.29 Å². The molecule has 0 radical (unpaired) electrons. The summed E-state index contributed by atoms with van der Waals surface area (Å²) >= 11 is 5.57. The molecule has 0 spiro atoms. The lowest BCUT2D eigenvalue weighted by molar-refractivity contribution is -0.130. The molecule has 0 aromatic heterocycles. The molecule has 0 bridgehead atoms. The van der Waals surface area contributed by atoms with E-state index in [1.165, 1.54) is 18.0 Å². The van der Waals surface area contributed by atoms with Crippen molar-refractivity contribution >= 4 is 23.8 Å². The fourth-order valence-corrected chi connectivity index (χ4v) is 0.701. The number of hydrogen-bond donors (Lipinski definition) is 0. The molecule has 4 heteroatoms. The van der Waals surface area contributed by atoms with E-state index in [4.69, 9.17) is 11.6 Å². The van der Waals surface area contributed by atoms with Crippen LogP contribution < -0.4 is 0 Å². The van der Waals surface area contributed by atoms with Crippen LogP contribution in [0, 0.1) is 0 Å². The van der Waals surface area contributed by atoms with Gasteiger partial charge in [-0.3, -0.25) is 4.79 Å². The van der Waals surface area contributed by atoms with Crippen LogP contribution in [0.1, 0.15) is 13.8 Å². The highest BCUT2D eigenvalue weighted by Gasteiger charge is 2.16. The SMILES string of the molecule is C/C=C(/Cl)C(=O)N(C)C(C)C=O. The van der Waals surface area contributed by atoms with Gasteiger partial charge in [-0.15, -0.1) is 0 Å². The van der Waals surface area contributed by atoms with Crippen LogP contribution in [0.5, 0.6) is 0 Å². The summed E-state index contributed by atoms with van der Waals surface area (Å²) < 4.78 is 0. The van der Waals surface area contributed by atoms with Crippen molar-refractivity contribution in [2.45, 2.75) is 19.9 Å². The molecule has 3 nitrogen and oxygen atoms in total. The third kappa shape index (κ3) is 2.66. The molecule has 0 aliphatic heterocycles. The zero-order chi connectivity index (χ0) is 9.72. The van der Waals surface area contributed by atoms with Crippen LogP contribution in [-0.2, 0) is 9.59 Å². The molecular weight excluding hydrogens is 178 g/mol. The maximum absolute atomic E-state index is 11.2. The van der Waals surface area contributed by atoms with Crippen LogP contribution in [0.15, 0.2) is 11.1 Å². The summed E-state index contributed by atoms with van der Waals surface area (Å²) in [5.74, 6) is -0.334. The Labute approximate surface area is 77.0 Å². The van der Waals surface area contributed by atoms with Gasteiger partial charge in [0.15, 0.2) is 0 Å². The summed E-state index contributed by atoms with van der Waals surface area (Å²) in [6.07, 6.45) is 2.19. The average Bonchev–Trinajstić information content (AvgIpc) is 2.12. The lowest BCUT2D eigenvalue weighted by atomic mass is 10.3. The average molecular weight is 190 g/mol. The van der Waals surface area contributed by atoms with Crippen molar-refractivity contribution in [1.82, 2.24) is 4.90 Å². The Bertz CT molecular complexity index is 213. The number of allylic oxidation sites excluding steroid dienone is 1. The summed E-state index contributed by atoms with van der Waals surface area (Å²) in [7, 11) is 1.54. The van der Waals surface area contributed by atoms with Crippen LogP contribution >= 0.6 is 11.6 Å². The molecule has 1 amide bonds. The highest BCUT2D eigenvalue weighted by atomic mass is 35.5.